The number of carboxylic acid groups (broad SMARTS) is 1. The number of aliphatic carboxylic acids is 1. The van der Waals surface area contributed by atoms with Crippen LogP contribution in [0.4, 0.5) is 4.79 Å². The monoisotopic (exact) mass is 270 g/mol. The first kappa shape index (κ1) is 15.8. The molecule has 0 saturated heterocycles. The summed E-state index contributed by atoms with van der Waals surface area (Å²) in [6.07, 6.45) is 2.32. The van der Waals surface area contributed by atoms with Gasteiger partial charge >= 0.3 is 12.0 Å². The molecular weight excluding hydrogens is 244 g/mol. The van der Waals surface area contributed by atoms with Gasteiger partial charge in [-0.25, -0.2) is 4.79 Å². The van der Waals surface area contributed by atoms with Gasteiger partial charge in [0.15, 0.2) is 0 Å². The van der Waals surface area contributed by atoms with E-state index in [-0.39, 0.29) is 30.5 Å². The zero-order valence-electron chi connectivity index (χ0n) is 12.4. The Morgan fingerprint density at radius 3 is 2.21 bits per heavy atom. The van der Waals surface area contributed by atoms with E-state index >= 15 is 0 Å². The molecule has 0 aromatic carbocycles. The summed E-state index contributed by atoms with van der Waals surface area (Å²) >= 11 is 0. The van der Waals surface area contributed by atoms with Crippen molar-refractivity contribution >= 4 is 12.0 Å². The van der Waals surface area contributed by atoms with Crippen LogP contribution in [0.15, 0.2) is 0 Å². The second-order valence-electron chi connectivity index (χ2n) is 6.11. The van der Waals surface area contributed by atoms with Crippen LogP contribution in [-0.2, 0) is 4.79 Å². The van der Waals surface area contributed by atoms with Crippen molar-refractivity contribution in [2.75, 3.05) is 13.1 Å². The van der Waals surface area contributed by atoms with Gasteiger partial charge in [0.05, 0.1) is 6.42 Å². The normalized spacial score (nSPS) is 16.5. The van der Waals surface area contributed by atoms with Crippen molar-refractivity contribution < 1.29 is 14.7 Å². The maximum Gasteiger partial charge on any atom is 0.317 e. The van der Waals surface area contributed by atoms with Crippen molar-refractivity contribution in [2.45, 2.75) is 53.0 Å². The van der Waals surface area contributed by atoms with Crippen LogP contribution in [0.2, 0.25) is 0 Å². The molecule has 1 rings (SSSR count). The van der Waals surface area contributed by atoms with Crippen molar-refractivity contribution in [2.24, 2.45) is 11.3 Å². The van der Waals surface area contributed by atoms with Gasteiger partial charge in [0, 0.05) is 19.1 Å². The molecule has 0 aromatic rings. The molecule has 1 saturated carbocycles. The van der Waals surface area contributed by atoms with Crippen molar-refractivity contribution in [1.29, 1.82) is 0 Å². The van der Waals surface area contributed by atoms with Gasteiger partial charge in [-0.3, -0.25) is 4.79 Å². The molecule has 0 atom stereocenters. The topological polar surface area (TPSA) is 69.6 Å². The van der Waals surface area contributed by atoms with Gasteiger partial charge in [0.1, 0.15) is 0 Å². The molecule has 5 heteroatoms. The number of carbonyl (C=O) groups excluding carboxylic acids is 1. The van der Waals surface area contributed by atoms with E-state index in [1.165, 1.54) is 12.8 Å². The van der Waals surface area contributed by atoms with Gasteiger partial charge in [-0.2, -0.15) is 0 Å². The highest BCUT2D eigenvalue weighted by atomic mass is 16.4. The fourth-order valence-electron chi connectivity index (χ4n) is 2.28. The summed E-state index contributed by atoms with van der Waals surface area (Å²) in [5, 5.41) is 11.7. The summed E-state index contributed by atoms with van der Waals surface area (Å²) in [5.41, 5.74) is 0.269. The zero-order valence-corrected chi connectivity index (χ0v) is 12.4. The van der Waals surface area contributed by atoms with Gasteiger partial charge in [0.25, 0.3) is 0 Å². The van der Waals surface area contributed by atoms with Gasteiger partial charge in [-0.1, -0.05) is 13.8 Å². The van der Waals surface area contributed by atoms with Gasteiger partial charge in [-0.15, -0.1) is 0 Å². The van der Waals surface area contributed by atoms with Crippen LogP contribution in [0, 0.1) is 11.3 Å². The molecule has 0 heterocycles. The first-order valence-electron chi connectivity index (χ1n) is 7.05. The van der Waals surface area contributed by atoms with Crippen molar-refractivity contribution in [3.63, 3.8) is 0 Å². The van der Waals surface area contributed by atoms with E-state index in [0.717, 1.165) is 0 Å². The minimum atomic E-state index is -0.876. The first-order valence-corrected chi connectivity index (χ1v) is 7.05. The van der Waals surface area contributed by atoms with E-state index in [1.807, 2.05) is 13.8 Å². The minimum Gasteiger partial charge on any atom is -0.481 e. The number of amides is 2. The Kier molecular flexibility index (Phi) is 5.20. The molecule has 0 aliphatic heterocycles. The van der Waals surface area contributed by atoms with Crippen LogP contribution in [0.3, 0.4) is 0 Å². The minimum absolute atomic E-state index is 0.00792. The first-order chi connectivity index (χ1) is 8.78. The predicted molar refractivity (Wildman–Crippen MR) is 74.0 cm³/mol. The summed E-state index contributed by atoms with van der Waals surface area (Å²) in [7, 11) is 0. The van der Waals surface area contributed by atoms with E-state index in [0.29, 0.717) is 12.5 Å². The number of hydrogen-bond acceptors (Lipinski definition) is 2. The van der Waals surface area contributed by atoms with E-state index in [4.69, 9.17) is 5.11 Å². The lowest BCUT2D eigenvalue weighted by molar-refractivity contribution is -0.137. The van der Waals surface area contributed by atoms with Crippen LogP contribution in [0.25, 0.3) is 0 Å². The highest BCUT2D eigenvalue weighted by Gasteiger charge is 2.45. The molecule has 0 spiro atoms. The average Bonchev–Trinajstić information content (AvgIpc) is 3.06. The third-order valence-electron chi connectivity index (χ3n) is 4.16. The van der Waals surface area contributed by atoms with Crippen LogP contribution >= 0.6 is 0 Å². The molecule has 110 valence electrons. The Morgan fingerprint density at radius 2 is 1.84 bits per heavy atom. The molecule has 0 aromatic heterocycles. The van der Waals surface area contributed by atoms with E-state index in [1.54, 1.807) is 4.90 Å². The maximum absolute atomic E-state index is 12.1. The van der Waals surface area contributed by atoms with Crippen LogP contribution < -0.4 is 5.32 Å². The number of carbonyl (C=O) groups is 2. The quantitative estimate of drug-likeness (QED) is 0.746. The molecule has 2 amide bonds. The van der Waals surface area contributed by atoms with E-state index in [2.05, 4.69) is 19.2 Å². The predicted octanol–water partition coefficient (Wildman–Crippen LogP) is 2.32. The highest BCUT2D eigenvalue weighted by molar-refractivity contribution is 5.75. The standard InChI is InChI=1S/C14H26N2O3/c1-10(2)14(6-7-14)9-15-13(19)16(11(3)4)8-5-12(17)18/h10-11H,5-9H2,1-4H3,(H,15,19)(H,17,18). The molecule has 0 radical (unpaired) electrons. The number of urea groups is 1. The number of nitrogens with zero attached hydrogens (tertiary/aromatic N) is 1. The lowest BCUT2D eigenvalue weighted by atomic mass is 9.92. The highest BCUT2D eigenvalue weighted by Crippen LogP contribution is 2.51. The van der Waals surface area contributed by atoms with Gasteiger partial charge in [-0.05, 0) is 38.0 Å². The Balaban J connectivity index is 2.46. The van der Waals surface area contributed by atoms with Crippen LogP contribution in [0.5, 0.6) is 0 Å². The summed E-state index contributed by atoms with van der Waals surface area (Å²) < 4.78 is 0. The Labute approximate surface area is 115 Å². The molecule has 1 fully saturated rings. The van der Waals surface area contributed by atoms with Crippen molar-refractivity contribution in [3.05, 3.63) is 0 Å². The summed E-state index contributed by atoms with van der Waals surface area (Å²) in [6.45, 7) is 9.12. The van der Waals surface area contributed by atoms with Gasteiger partial charge < -0.3 is 15.3 Å². The van der Waals surface area contributed by atoms with Crippen LogP contribution in [0.1, 0.15) is 47.0 Å². The van der Waals surface area contributed by atoms with Crippen molar-refractivity contribution in [1.82, 2.24) is 10.2 Å². The fraction of sp³-hybridized carbons (Fsp3) is 0.857. The smallest absolute Gasteiger partial charge is 0.317 e. The second kappa shape index (κ2) is 6.26. The second-order valence-corrected chi connectivity index (χ2v) is 6.11. The summed E-state index contributed by atoms with van der Waals surface area (Å²) in [4.78, 5) is 24.3. The molecule has 5 nitrogen and oxygen atoms in total. The number of nitrogens with one attached hydrogen (secondary N) is 1. The fourth-order valence-corrected chi connectivity index (χ4v) is 2.28. The molecule has 1 aliphatic rings. The zero-order chi connectivity index (χ0) is 14.6. The molecule has 1 aliphatic carbocycles. The van der Waals surface area contributed by atoms with E-state index < -0.39 is 5.97 Å². The molecule has 2 N–H and O–H groups in total. The lowest BCUT2D eigenvalue weighted by Crippen LogP contribution is -2.46. The number of carboxylic acids is 1. The maximum atomic E-state index is 12.1. The Morgan fingerprint density at radius 1 is 1.26 bits per heavy atom. The third-order valence-corrected chi connectivity index (χ3v) is 4.16. The average molecular weight is 270 g/mol. The molecular formula is C14H26N2O3. The third kappa shape index (κ3) is 4.40. The van der Waals surface area contributed by atoms with Crippen molar-refractivity contribution in [3.8, 4) is 0 Å². The SMILES string of the molecule is CC(C)N(CCC(=O)O)C(=O)NCC1(C(C)C)CC1. The summed E-state index contributed by atoms with van der Waals surface area (Å²) in [5.74, 6) is -0.307. The Hall–Kier alpha value is -1.26. The summed E-state index contributed by atoms with van der Waals surface area (Å²) in [6, 6.07) is -0.142. The number of hydrogen-bond donors (Lipinski definition) is 2. The molecule has 19 heavy (non-hydrogen) atoms. The van der Waals surface area contributed by atoms with Crippen LogP contribution in [-0.4, -0.2) is 41.1 Å². The molecule has 0 unspecified atom stereocenters. The Bertz CT molecular complexity index is 336. The van der Waals surface area contributed by atoms with Gasteiger partial charge in [0.2, 0.25) is 0 Å². The van der Waals surface area contributed by atoms with E-state index in [9.17, 15) is 9.59 Å². The molecule has 0 bridgehead atoms. The number of rotatable bonds is 7. The lowest BCUT2D eigenvalue weighted by Gasteiger charge is -2.28. The largest absolute Gasteiger partial charge is 0.481 e.